The van der Waals surface area contributed by atoms with Gasteiger partial charge in [0.05, 0.1) is 0 Å². The van der Waals surface area contributed by atoms with Gasteiger partial charge in [-0.05, 0) is 22.9 Å². The zero-order valence-corrected chi connectivity index (χ0v) is 7.98. The minimum absolute atomic E-state index is 1.04. The molecule has 1 aromatic carbocycles. The summed E-state index contributed by atoms with van der Waals surface area (Å²) >= 11 is 3.09. The molecule has 0 aromatic heterocycles. The summed E-state index contributed by atoms with van der Waals surface area (Å²) in [6.45, 7) is 2.13. The largest absolute Gasteiger partial charge is 0.0619 e. The minimum Gasteiger partial charge on any atom is -0.0619 e. The van der Waals surface area contributed by atoms with Crippen LogP contribution in [0.3, 0.4) is 0 Å². The molecule has 0 fully saturated rings. The summed E-state index contributed by atoms with van der Waals surface area (Å²) < 4.78 is 0. The summed E-state index contributed by atoms with van der Waals surface area (Å²) in [7, 11) is 0. The fourth-order valence-electron chi connectivity index (χ4n) is 1.00. The number of hydrogen-bond donors (Lipinski definition) is 0. The second-order valence-corrected chi connectivity index (χ2v) is 2.63. The zero-order valence-electron chi connectivity index (χ0n) is 6.39. The second-order valence-electron chi connectivity index (χ2n) is 2.23. The van der Waals surface area contributed by atoms with Crippen LogP contribution in [-0.4, -0.2) is 0 Å². The van der Waals surface area contributed by atoms with E-state index in [2.05, 4.69) is 39.7 Å². The molecule has 1 heteroatoms. The topological polar surface area (TPSA) is 0 Å². The van der Waals surface area contributed by atoms with Crippen molar-refractivity contribution in [1.29, 1.82) is 0 Å². The van der Waals surface area contributed by atoms with Crippen molar-refractivity contribution in [2.45, 2.75) is 13.3 Å². The van der Waals surface area contributed by atoms with E-state index in [1.54, 1.807) is 0 Å². The molecule has 0 nitrogen and oxygen atoms in total. The van der Waals surface area contributed by atoms with Gasteiger partial charge < -0.3 is 0 Å². The van der Waals surface area contributed by atoms with Crippen LogP contribution in [0.1, 0.15) is 18.1 Å². The SMILES string of the molecule is CCc1ccccc1C#CBr. The van der Waals surface area contributed by atoms with E-state index in [0.717, 1.165) is 12.0 Å². The first kappa shape index (κ1) is 8.36. The highest BCUT2D eigenvalue weighted by Crippen LogP contribution is 2.07. The molecule has 0 aliphatic heterocycles. The monoisotopic (exact) mass is 208 g/mol. The van der Waals surface area contributed by atoms with Crippen LogP contribution in [0, 0.1) is 10.8 Å². The van der Waals surface area contributed by atoms with Crippen molar-refractivity contribution < 1.29 is 0 Å². The lowest BCUT2D eigenvalue weighted by Crippen LogP contribution is -1.84. The van der Waals surface area contributed by atoms with Crippen LogP contribution >= 0.6 is 15.9 Å². The van der Waals surface area contributed by atoms with Gasteiger partial charge in [-0.3, -0.25) is 0 Å². The number of benzene rings is 1. The molecule has 0 aliphatic carbocycles. The summed E-state index contributed by atoms with van der Waals surface area (Å²) in [5, 5.41) is 0. The standard InChI is InChI=1S/C10H9Br/c1-2-9-5-3-4-6-10(9)7-8-11/h3-6H,2H2,1H3. The van der Waals surface area contributed by atoms with Crippen LogP contribution < -0.4 is 0 Å². The number of hydrogen-bond acceptors (Lipinski definition) is 0. The van der Waals surface area contributed by atoms with E-state index in [9.17, 15) is 0 Å². The van der Waals surface area contributed by atoms with Gasteiger partial charge in [0.2, 0.25) is 0 Å². The summed E-state index contributed by atoms with van der Waals surface area (Å²) in [6, 6.07) is 8.18. The molecule has 0 radical (unpaired) electrons. The first-order valence-corrected chi connectivity index (χ1v) is 4.37. The summed E-state index contributed by atoms with van der Waals surface area (Å²) in [5.74, 6) is 2.99. The van der Waals surface area contributed by atoms with Gasteiger partial charge in [-0.1, -0.05) is 31.0 Å². The average Bonchev–Trinajstić information content (AvgIpc) is 2.06. The van der Waals surface area contributed by atoms with Crippen molar-refractivity contribution in [2.24, 2.45) is 0 Å². The van der Waals surface area contributed by atoms with E-state index in [1.807, 2.05) is 18.2 Å². The molecule has 11 heavy (non-hydrogen) atoms. The Hall–Kier alpha value is -0.740. The van der Waals surface area contributed by atoms with Gasteiger partial charge >= 0.3 is 0 Å². The highest BCUT2D eigenvalue weighted by molar-refractivity contribution is 9.12. The van der Waals surface area contributed by atoms with E-state index in [-0.39, 0.29) is 0 Å². The van der Waals surface area contributed by atoms with Gasteiger partial charge in [0.25, 0.3) is 0 Å². The average molecular weight is 209 g/mol. The van der Waals surface area contributed by atoms with E-state index in [0.29, 0.717) is 0 Å². The summed E-state index contributed by atoms with van der Waals surface area (Å²) in [4.78, 5) is 2.72. The molecule has 0 spiro atoms. The first-order valence-electron chi connectivity index (χ1n) is 3.58. The van der Waals surface area contributed by atoms with Crippen LogP contribution in [0.5, 0.6) is 0 Å². The molecular formula is C10H9Br. The van der Waals surface area contributed by atoms with Crippen molar-refractivity contribution in [2.75, 3.05) is 0 Å². The predicted octanol–water partition coefficient (Wildman–Crippen LogP) is 2.95. The number of rotatable bonds is 1. The highest BCUT2D eigenvalue weighted by Gasteiger charge is 1.93. The number of aryl methyl sites for hydroxylation is 1. The Morgan fingerprint density at radius 1 is 1.36 bits per heavy atom. The Labute approximate surface area is 75.8 Å². The van der Waals surface area contributed by atoms with Gasteiger partial charge in [0, 0.05) is 21.5 Å². The Morgan fingerprint density at radius 2 is 2.09 bits per heavy atom. The maximum Gasteiger partial charge on any atom is 0.0286 e. The van der Waals surface area contributed by atoms with Crippen LogP contribution in [-0.2, 0) is 6.42 Å². The highest BCUT2D eigenvalue weighted by atomic mass is 79.9. The minimum atomic E-state index is 1.04. The zero-order chi connectivity index (χ0) is 8.10. The summed E-state index contributed by atoms with van der Waals surface area (Å²) in [6.07, 6.45) is 1.04. The van der Waals surface area contributed by atoms with Gasteiger partial charge in [0.1, 0.15) is 0 Å². The fourth-order valence-corrected chi connectivity index (χ4v) is 1.22. The number of halogens is 1. The molecule has 0 unspecified atom stereocenters. The van der Waals surface area contributed by atoms with Crippen LogP contribution in [0.4, 0.5) is 0 Å². The van der Waals surface area contributed by atoms with Crippen molar-refractivity contribution in [3.63, 3.8) is 0 Å². The normalized spacial score (nSPS) is 8.55. The van der Waals surface area contributed by atoms with Crippen molar-refractivity contribution in [3.8, 4) is 10.8 Å². The molecule has 0 saturated carbocycles. The van der Waals surface area contributed by atoms with Gasteiger partial charge in [-0.25, -0.2) is 0 Å². The van der Waals surface area contributed by atoms with Gasteiger partial charge in [0.15, 0.2) is 0 Å². The van der Waals surface area contributed by atoms with E-state index in [4.69, 9.17) is 0 Å². The molecule has 0 N–H and O–H groups in total. The van der Waals surface area contributed by atoms with E-state index in [1.165, 1.54) is 5.56 Å². The molecule has 56 valence electrons. The first-order chi connectivity index (χ1) is 5.38. The molecule has 0 atom stereocenters. The maximum absolute atomic E-state index is 3.09. The third kappa shape index (κ3) is 2.10. The Kier molecular flexibility index (Phi) is 3.19. The van der Waals surface area contributed by atoms with Crippen LogP contribution in [0.2, 0.25) is 0 Å². The molecule has 0 bridgehead atoms. The second kappa shape index (κ2) is 4.20. The molecular weight excluding hydrogens is 200 g/mol. The molecule has 0 aliphatic rings. The van der Waals surface area contributed by atoms with Crippen molar-refractivity contribution >= 4 is 15.9 Å². The summed E-state index contributed by atoms with van der Waals surface area (Å²) in [5.41, 5.74) is 2.42. The lowest BCUT2D eigenvalue weighted by Gasteiger charge is -1.97. The Morgan fingerprint density at radius 3 is 2.73 bits per heavy atom. The molecule has 0 heterocycles. The molecule has 0 amide bonds. The van der Waals surface area contributed by atoms with Crippen molar-refractivity contribution in [3.05, 3.63) is 35.4 Å². The fraction of sp³-hybridized carbons (Fsp3) is 0.200. The Bertz CT molecular complexity index is 291. The Balaban J connectivity index is 3.09. The van der Waals surface area contributed by atoms with Crippen LogP contribution in [0.25, 0.3) is 0 Å². The lowest BCUT2D eigenvalue weighted by molar-refractivity contribution is 1.13. The molecule has 1 rings (SSSR count). The van der Waals surface area contributed by atoms with Crippen LogP contribution in [0.15, 0.2) is 24.3 Å². The molecule has 0 saturated heterocycles. The third-order valence-electron chi connectivity index (χ3n) is 1.58. The maximum atomic E-state index is 3.09. The van der Waals surface area contributed by atoms with Gasteiger partial charge in [-0.2, -0.15) is 0 Å². The smallest absolute Gasteiger partial charge is 0.0286 e. The predicted molar refractivity (Wildman–Crippen MR) is 51.6 cm³/mol. The third-order valence-corrected chi connectivity index (χ3v) is 1.78. The van der Waals surface area contributed by atoms with E-state index < -0.39 is 0 Å². The van der Waals surface area contributed by atoms with Crippen molar-refractivity contribution in [1.82, 2.24) is 0 Å². The van der Waals surface area contributed by atoms with Gasteiger partial charge in [-0.15, -0.1) is 0 Å². The molecule has 1 aromatic rings. The van der Waals surface area contributed by atoms with E-state index >= 15 is 0 Å². The quantitative estimate of drug-likeness (QED) is 0.623. The lowest BCUT2D eigenvalue weighted by atomic mass is 10.1.